The Balaban J connectivity index is 1.83. The lowest BCUT2D eigenvalue weighted by Gasteiger charge is -2.16. The number of benzene rings is 1. The van der Waals surface area contributed by atoms with Crippen LogP contribution in [0.2, 0.25) is 0 Å². The van der Waals surface area contributed by atoms with E-state index in [0.717, 1.165) is 0 Å². The van der Waals surface area contributed by atoms with Crippen LogP contribution in [0.3, 0.4) is 0 Å². The van der Waals surface area contributed by atoms with Gasteiger partial charge in [-0.25, -0.2) is 0 Å². The van der Waals surface area contributed by atoms with Gasteiger partial charge in [0.15, 0.2) is 0 Å². The zero-order valence-corrected chi connectivity index (χ0v) is 11.2. The highest BCUT2D eigenvalue weighted by atomic mass is 16.3. The van der Waals surface area contributed by atoms with Crippen LogP contribution < -0.4 is 5.32 Å². The molecule has 0 aliphatic heterocycles. The Kier molecular flexibility index (Phi) is 4.55. The molecular formula is C15H16N2O3. The summed E-state index contributed by atoms with van der Waals surface area (Å²) in [6.45, 7) is 0.327. The minimum atomic E-state index is -0.229. The van der Waals surface area contributed by atoms with Crippen molar-refractivity contribution >= 4 is 11.8 Å². The fourth-order valence-electron chi connectivity index (χ4n) is 1.74. The Morgan fingerprint density at radius 3 is 2.55 bits per heavy atom. The summed E-state index contributed by atoms with van der Waals surface area (Å²) in [6.07, 6.45) is 1.55. The summed E-state index contributed by atoms with van der Waals surface area (Å²) in [5, 5.41) is 2.70. The highest BCUT2D eigenvalue weighted by Crippen LogP contribution is 2.03. The van der Waals surface area contributed by atoms with E-state index < -0.39 is 0 Å². The largest absolute Gasteiger partial charge is 0.467 e. The first kappa shape index (κ1) is 13.9. The van der Waals surface area contributed by atoms with Crippen molar-refractivity contribution in [2.24, 2.45) is 0 Å². The molecule has 1 aromatic heterocycles. The first-order valence-corrected chi connectivity index (χ1v) is 6.26. The zero-order chi connectivity index (χ0) is 14.4. The number of carbonyl (C=O) groups excluding carboxylic acids is 2. The van der Waals surface area contributed by atoms with E-state index in [1.54, 1.807) is 49.7 Å². The molecule has 5 nitrogen and oxygen atoms in total. The third-order valence-corrected chi connectivity index (χ3v) is 2.79. The number of likely N-dealkylation sites (N-methyl/N-ethyl adjacent to an activating group) is 1. The standard InChI is InChI=1S/C15H16N2O3/c1-17(15(19)12-6-3-2-4-7-12)11-14(18)16-10-13-8-5-9-20-13/h2-9H,10-11H2,1H3,(H,16,18). The molecule has 0 aliphatic carbocycles. The van der Waals surface area contributed by atoms with E-state index in [4.69, 9.17) is 4.42 Å². The first-order valence-electron chi connectivity index (χ1n) is 6.26. The summed E-state index contributed by atoms with van der Waals surface area (Å²) in [7, 11) is 1.60. The van der Waals surface area contributed by atoms with E-state index in [-0.39, 0.29) is 18.4 Å². The average molecular weight is 272 g/mol. The number of furan rings is 1. The summed E-state index contributed by atoms with van der Waals surface area (Å²) in [5.74, 6) is 0.266. The van der Waals surface area contributed by atoms with Crippen molar-refractivity contribution in [3.05, 3.63) is 60.1 Å². The third kappa shape index (κ3) is 3.71. The van der Waals surface area contributed by atoms with Gasteiger partial charge in [0.25, 0.3) is 5.91 Å². The van der Waals surface area contributed by atoms with Gasteiger partial charge in [-0.05, 0) is 24.3 Å². The van der Waals surface area contributed by atoms with Crippen LogP contribution in [0, 0.1) is 0 Å². The average Bonchev–Trinajstić information content (AvgIpc) is 2.98. The zero-order valence-electron chi connectivity index (χ0n) is 11.2. The predicted octanol–water partition coefficient (Wildman–Crippen LogP) is 1.67. The smallest absolute Gasteiger partial charge is 0.254 e. The maximum absolute atomic E-state index is 12.0. The summed E-state index contributed by atoms with van der Waals surface area (Å²) >= 11 is 0. The number of rotatable bonds is 5. The molecule has 2 aromatic rings. The molecule has 1 aromatic carbocycles. The van der Waals surface area contributed by atoms with E-state index in [9.17, 15) is 9.59 Å². The van der Waals surface area contributed by atoms with Crippen molar-refractivity contribution in [1.29, 1.82) is 0 Å². The van der Waals surface area contributed by atoms with Crippen LogP contribution in [0.5, 0.6) is 0 Å². The molecule has 20 heavy (non-hydrogen) atoms. The first-order chi connectivity index (χ1) is 9.66. The molecule has 0 saturated heterocycles. The molecule has 0 bridgehead atoms. The number of nitrogens with one attached hydrogen (secondary N) is 1. The van der Waals surface area contributed by atoms with Crippen LogP contribution in [0.15, 0.2) is 53.1 Å². The van der Waals surface area contributed by atoms with Gasteiger partial charge in [0.1, 0.15) is 5.76 Å². The second-order valence-electron chi connectivity index (χ2n) is 4.38. The van der Waals surface area contributed by atoms with Crippen molar-refractivity contribution in [1.82, 2.24) is 10.2 Å². The van der Waals surface area contributed by atoms with Crippen LogP contribution >= 0.6 is 0 Å². The van der Waals surface area contributed by atoms with Crippen molar-refractivity contribution in [2.75, 3.05) is 13.6 Å². The maximum atomic E-state index is 12.0. The summed E-state index contributed by atoms with van der Waals surface area (Å²) in [6, 6.07) is 12.4. The molecule has 1 N–H and O–H groups in total. The Morgan fingerprint density at radius 2 is 1.90 bits per heavy atom. The molecule has 0 saturated carbocycles. The highest BCUT2D eigenvalue weighted by Gasteiger charge is 2.14. The Hall–Kier alpha value is -2.56. The van der Waals surface area contributed by atoms with Crippen molar-refractivity contribution < 1.29 is 14.0 Å². The molecule has 1 heterocycles. The van der Waals surface area contributed by atoms with Crippen molar-refractivity contribution in [3.63, 3.8) is 0 Å². The minimum Gasteiger partial charge on any atom is -0.467 e. The van der Waals surface area contributed by atoms with Gasteiger partial charge in [-0.15, -0.1) is 0 Å². The van der Waals surface area contributed by atoms with Gasteiger partial charge in [0.2, 0.25) is 5.91 Å². The van der Waals surface area contributed by atoms with E-state index in [0.29, 0.717) is 17.9 Å². The minimum absolute atomic E-state index is 0.00837. The van der Waals surface area contributed by atoms with Gasteiger partial charge in [-0.2, -0.15) is 0 Å². The molecule has 0 spiro atoms. The van der Waals surface area contributed by atoms with Crippen LogP contribution in [0.4, 0.5) is 0 Å². The second kappa shape index (κ2) is 6.56. The summed E-state index contributed by atoms with van der Waals surface area (Å²) < 4.78 is 5.11. The summed E-state index contributed by atoms with van der Waals surface area (Å²) in [4.78, 5) is 25.2. The predicted molar refractivity (Wildman–Crippen MR) is 74.0 cm³/mol. The fourth-order valence-corrected chi connectivity index (χ4v) is 1.74. The molecule has 0 atom stereocenters. The quantitative estimate of drug-likeness (QED) is 0.900. The van der Waals surface area contributed by atoms with Gasteiger partial charge in [-0.1, -0.05) is 18.2 Å². The molecule has 0 fully saturated rings. The van der Waals surface area contributed by atoms with Crippen LogP contribution in [0.1, 0.15) is 16.1 Å². The van der Waals surface area contributed by atoms with Gasteiger partial charge in [0.05, 0.1) is 19.4 Å². The van der Waals surface area contributed by atoms with Crippen molar-refractivity contribution in [2.45, 2.75) is 6.54 Å². The topological polar surface area (TPSA) is 62.6 Å². The molecule has 2 amide bonds. The maximum Gasteiger partial charge on any atom is 0.254 e. The monoisotopic (exact) mass is 272 g/mol. The van der Waals surface area contributed by atoms with E-state index >= 15 is 0 Å². The van der Waals surface area contributed by atoms with Crippen LogP contribution in [-0.2, 0) is 11.3 Å². The van der Waals surface area contributed by atoms with Crippen molar-refractivity contribution in [3.8, 4) is 0 Å². The molecule has 0 aliphatic rings. The number of carbonyl (C=O) groups is 2. The highest BCUT2D eigenvalue weighted by molar-refractivity contribution is 5.96. The molecule has 2 rings (SSSR count). The Morgan fingerprint density at radius 1 is 1.15 bits per heavy atom. The number of nitrogens with zero attached hydrogens (tertiary/aromatic N) is 1. The molecular weight excluding hydrogens is 256 g/mol. The fraction of sp³-hybridized carbons (Fsp3) is 0.200. The Labute approximate surface area is 117 Å². The molecule has 0 radical (unpaired) electrons. The molecule has 5 heteroatoms. The third-order valence-electron chi connectivity index (χ3n) is 2.79. The van der Waals surface area contributed by atoms with E-state index in [1.807, 2.05) is 6.07 Å². The van der Waals surface area contributed by atoms with Crippen LogP contribution in [-0.4, -0.2) is 30.3 Å². The lowest BCUT2D eigenvalue weighted by Crippen LogP contribution is -2.38. The molecule has 0 unspecified atom stereocenters. The molecule has 104 valence electrons. The number of hydrogen-bond donors (Lipinski definition) is 1. The Bertz CT molecular complexity index is 564. The van der Waals surface area contributed by atoms with E-state index in [1.165, 1.54) is 4.90 Å². The van der Waals surface area contributed by atoms with E-state index in [2.05, 4.69) is 5.32 Å². The van der Waals surface area contributed by atoms with Gasteiger partial charge in [0, 0.05) is 12.6 Å². The van der Waals surface area contributed by atoms with Gasteiger partial charge < -0.3 is 14.6 Å². The number of amides is 2. The van der Waals surface area contributed by atoms with Gasteiger partial charge >= 0.3 is 0 Å². The second-order valence-corrected chi connectivity index (χ2v) is 4.38. The summed E-state index contributed by atoms with van der Waals surface area (Å²) in [5.41, 5.74) is 0.564. The lowest BCUT2D eigenvalue weighted by molar-refractivity contribution is -0.121. The van der Waals surface area contributed by atoms with Gasteiger partial charge in [-0.3, -0.25) is 9.59 Å². The lowest BCUT2D eigenvalue weighted by atomic mass is 10.2. The normalized spacial score (nSPS) is 10.1. The van der Waals surface area contributed by atoms with Crippen LogP contribution in [0.25, 0.3) is 0 Å². The number of hydrogen-bond acceptors (Lipinski definition) is 3. The SMILES string of the molecule is CN(CC(=O)NCc1ccco1)C(=O)c1ccccc1.